The zero-order chi connectivity index (χ0) is 18.9. The fraction of sp³-hybridized carbons (Fsp3) is 0.375. The van der Waals surface area contributed by atoms with Crippen molar-refractivity contribution in [3.63, 3.8) is 0 Å². The Morgan fingerprint density at radius 2 is 1.92 bits per heavy atom. The van der Waals surface area contributed by atoms with Crippen molar-refractivity contribution in [1.82, 2.24) is 14.7 Å². The van der Waals surface area contributed by atoms with Gasteiger partial charge in [-0.25, -0.2) is 8.42 Å². The number of carbonyl (C=O) groups excluding carboxylic acids is 1. The van der Waals surface area contributed by atoms with Gasteiger partial charge in [0.05, 0.1) is 30.2 Å². The van der Waals surface area contributed by atoms with Crippen LogP contribution < -0.4 is 4.72 Å². The number of hydrogen-bond donors (Lipinski definition) is 1. The van der Waals surface area contributed by atoms with Gasteiger partial charge in [0.25, 0.3) is 15.9 Å². The van der Waals surface area contributed by atoms with E-state index in [1.165, 1.54) is 4.68 Å². The number of sulfonamides is 1. The number of rotatable bonds is 4. The molecule has 0 spiro atoms. The number of nitrogens with one attached hydrogen (secondary N) is 1. The van der Waals surface area contributed by atoms with E-state index in [1.54, 1.807) is 43.1 Å². The molecule has 8 nitrogen and oxygen atoms in total. The predicted molar refractivity (Wildman–Crippen MR) is 96.9 cm³/mol. The van der Waals surface area contributed by atoms with Gasteiger partial charge in [0.2, 0.25) is 0 Å². The molecule has 0 aliphatic carbocycles. The number of morpholine rings is 1. The molecule has 1 N–H and O–H groups in total. The van der Waals surface area contributed by atoms with Gasteiger partial charge in [-0.2, -0.15) is 5.10 Å². The fourth-order valence-electron chi connectivity index (χ4n) is 2.81. The van der Waals surface area contributed by atoms with Crippen LogP contribution in [0.1, 0.15) is 16.1 Å². The monoisotopic (exact) mass is 398 g/mol. The molecule has 3 rings (SSSR count). The molecule has 0 bridgehead atoms. The van der Waals surface area contributed by atoms with Crippen LogP contribution in [0.15, 0.2) is 29.2 Å². The number of carbonyl (C=O) groups is 1. The van der Waals surface area contributed by atoms with E-state index in [0.29, 0.717) is 26.3 Å². The molecular weight excluding hydrogens is 380 g/mol. The molecule has 0 atom stereocenters. The van der Waals surface area contributed by atoms with Gasteiger partial charge in [-0.1, -0.05) is 23.7 Å². The zero-order valence-electron chi connectivity index (χ0n) is 14.4. The van der Waals surface area contributed by atoms with Gasteiger partial charge in [-0.15, -0.1) is 0 Å². The highest BCUT2D eigenvalue weighted by Crippen LogP contribution is 2.28. The molecule has 1 amide bonds. The Bertz CT molecular complexity index is 936. The summed E-state index contributed by atoms with van der Waals surface area (Å²) in [6.07, 6.45) is 0. The molecule has 1 saturated heterocycles. The van der Waals surface area contributed by atoms with E-state index in [9.17, 15) is 13.2 Å². The second-order valence-corrected chi connectivity index (χ2v) is 7.86. The van der Waals surface area contributed by atoms with Gasteiger partial charge < -0.3 is 9.64 Å². The summed E-state index contributed by atoms with van der Waals surface area (Å²) in [6.45, 7) is 3.42. The van der Waals surface area contributed by atoms with Gasteiger partial charge in [-0.3, -0.25) is 14.2 Å². The summed E-state index contributed by atoms with van der Waals surface area (Å²) in [4.78, 5) is 14.3. The van der Waals surface area contributed by atoms with Gasteiger partial charge in [0, 0.05) is 20.1 Å². The first-order valence-electron chi connectivity index (χ1n) is 7.99. The van der Waals surface area contributed by atoms with E-state index in [1.807, 2.05) is 0 Å². The van der Waals surface area contributed by atoms with Crippen molar-refractivity contribution in [3.05, 3.63) is 40.7 Å². The summed E-state index contributed by atoms with van der Waals surface area (Å²) >= 11 is 6.08. The largest absolute Gasteiger partial charge is 0.378 e. The fourth-order valence-corrected chi connectivity index (χ4v) is 4.64. The molecule has 1 aromatic heterocycles. The first kappa shape index (κ1) is 18.7. The summed E-state index contributed by atoms with van der Waals surface area (Å²) in [5.41, 5.74) is 0.751. The van der Waals surface area contributed by atoms with Gasteiger partial charge >= 0.3 is 0 Å². The van der Waals surface area contributed by atoms with Crippen LogP contribution in [0.2, 0.25) is 5.15 Å². The van der Waals surface area contributed by atoms with Crippen molar-refractivity contribution in [2.45, 2.75) is 11.8 Å². The SMILES string of the molecule is Cc1nn(C)c(Cl)c1S(=O)(=O)Nc1ccccc1C(=O)N1CCOCC1. The van der Waals surface area contributed by atoms with E-state index in [-0.39, 0.29) is 32.9 Å². The first-order chi connectivity index (χ1) is 12.3. The van der Waals surface area contributed by atoms with Crippen molar-refractivity contribution in [1.29, 1.82) is 0 Å². The molecule has 26 heavy (non-hydrogen) atoms. The lowest BCUT2D eigenvalue weighted by molar-refractivity contribution is 0.0303. The number of aryl methyl sites for hydroxylation is 2. The quantitative estimate of drug-likeness (QED) is 0.845. The molecule has 0 radical (unpaired) electrons. The van der Waals surface area contributed by atoms with Crippen LogP contribution in [0.25, 0.3) is 0 Å². The molecule has 1 fully saturated rings. The van der Waals surface area contributed by atoms with Gasteiger partial charge in [0.15, 0.2) is 0 Å². The lowest BCUT2D eigenvalue weighted by atomic mass is 10.1. The number of para-hydroxylation sites is 1. The number of benzene rings is 1. The van der Waals surface area contributed by atoms with E-state index < -0.39 is 10.0 Å². The molecule has 1 aromatic carbocycles. The van der Waals surface area contributed by atoms with E-state index in [2.05, 4.69) is 9.82 Å². The Hall–Kier alpha value is -2.10. The second-order valence-electron chi connectivity index (χ2n) is 5.88. The Labute approximate surface area is 156 Å². The highest BCUT2D eigenvalue weighted by Gasteiger charge is 2.28. The lowest BCUT2D eigenvalue weighted by Crippen LogP contribution is -2.41. The van der Waals surface area contributed by atoms with Crippen molar-refractivity contribution >= 4 is 33.2 Å². The molecule has 10 heteroatoms. The van der Waals surface area contributed by atoms with Gasteiger partial charge in [-0.05, 0) is 19.1 Å². The van der Waals surface area contributed by atoms with Crippen LogP contribution in [-0.2, 0) is 21.8 Å². The molecule has 0 saturated carbocycles. The highest BCUT2D eigenvalue weighted by atomic mass is 35.5. The topological polar surface area (TPSA) is 93.5 Å². The number of anilines is 1. The number of amides is 1. The standard InChI is InChI=1S/C16H19ClN4O4S/c1-11-14(15(17)20(2)18-11)26(23,24)19-13-6-4-3-5-12(13)16(22)21-7-9-25-10-8-21/h3-6,19H,7-10H2,1-2H3. The van der Waals surface area contributed by atoms with Crippen molar-refractivity contribution in [3.8, 4) is 0 Å². The molecule has 0 unspecified atom stereocenters. The first-order valence-corrected chi connectivity index (χ1v) is 9.85. The number of ether oxygens (including phenoxy) is 1. The molecular formula is C16H19ClN4O4S. The van der Waals surface area contributed by atoms with Crippen LogP contribution in [0.4, 0.5) is 5.69 Å². The summed E-state index contributed by atoms with van der Waals surface area (Å²) in [6, 6.07) is 6.48. The molecule has 140 valence electrons. The second kappa shape index (κ2) is 7.26. The highest BCUT2D eigenvalue weighted by molar-refractivity contribution is 7.92. The Morgan fingerprint density at radius 1 is 1.27 bits per heavy atom. The Balaban J connectivity index is 1.94. The van der Waals surface area contributed by atoms with Crippen LogP contribution in [0, 0.1) is 6.92 Å². The average Bonchev–Trinajstić information content (AvgIpc) is 2.88. The third kappa shape index (κ3) is 3.55. The Morgan fingerprint density at radius 3 is 2.54 bits per heavy atom. The van der Waals surface area contributed by atoms with Crippen molar-refractivity contribution in [2.75, 3.05) is 31.0 Å². The minimum absolute atomic E-state index is 0.00647. The van der Waals surface area contributed by atoms with Crippen LogP contribution >= 0.6 is 11.6 Å². The summed E-state index contributed by atoms with van der Waals surface area (Å²) < 4.78 is 34.6. The number of nitrogens with zero attached hydrogens (tertiary/aromatic N) is 3. The minimum Gasteiger partial charge on any atom is -0.378 e. The van der Waals surface area contributed by atoms with E-state index >= 15 is 0 Å². The number of halogens is 1. The molecule has 2 heterocycles. The van der Waals surface area contributed by atoms with Crippen LogP contribution in [0.3, 0.4) is 0 Å². The smallest absolute Gasteiger partial charge is 0.266 e. The number of hydrogen-bond acceptors (Lipinski definition) is 5. The molecule has 2 aromatic rings. The van der Waals surface area contributed by atoms with Crippen molar-refractivity contribution in [2.24, 2.45) is 7.05 Å². The number of aromatic nitrogens is 2. The van der Waals surface area contributed by atoms with Gasteiger partial charge in [0.1, 0.15) is 10.0 Å². The maximum Gasteiger partial charge on any atom is 0.266 e. The van der Waals surface area contributed by atoms with Crippen LogP contribution in [0.5, 0.6) is 0 Å². The average molecular weight is 399 g/mol. The van der Waals surface area contributed by atoms with Crippen LogP contribution in [-0.4, -0.2) is 55.3 Å². The minimum atomic E-state index is -4.00. The maximum absolute atomic E-state index is 12.8. The maximum atomic E-state index is 12.8. The Kier molecular flexibility index (Phi) is 5.22. The molecule has 1 aliphatic rings. The van der Waals surface area contributed by atoms with E-state index in [4.69, 9.17) is 16.3 Å². The summed E-state index contributed by atoms with van der Waals surface area (Å²) in [5, 5.41) is 4.03. The third-order valence-corrected chi connectivity index (χ3v) is 6.13. The lowest BCUT2D eigenvalue weighted by Gasteiger charge is -2.27. The normalized spacial score (nSPS) is 15.1. The predicted octanol–water partition coefficient (Wildman–Crippen LogP) is 1.66. The summed E-state index contributed by atoms with van der Waals surface area (Å²) in [5.74, 6) is -0.249. The van der Waals surface area contributed by atoms with E-state index in [0.717, 1.165) is 0 Å². The third-order valence-electron chi connectivity index (χ3n) is 4.07. The summed E-state index contributed by atoms with van der Waals surface area (Å²) in [7, 11) is -2.44. The van der Waals surface area contributed by atoms with Crippen molar-refractivity contribution < 1.29 is 17.9 Å². The molecule has 1 aliphatic heterocycles. The zero-order valence-corrected chi connectivity index (χ0v) is 16.0.